The number of amides is 2. The smallest absolute Gasteiger partial charge is 0.422 e. The molecule has 0 fully saturated rings. The van der Waals surface area contributed by atoms with E-state index in [0.717, 1.165) is 0 Å². The average molecular weight is 408 g/mol. The molecule has 29 heavy (non-hydrogen) atoms. The van der Waals surface area contributed by atoms with Crippen molar-refractivity contribution < 1.29 is 27.5 Å². The number of aromatic nitrogens is 2. The van der Waals surface area contributed by atoms with Gasteiger partial charge in [0.05, 0.1) is 12.1 Å². The summed E-state index contributed by atoms with van der Waals surface area (Å²) in [6.07, 6.45) is -1.73. The topological polar surface area (TPSA) is 98.4 Å². The minimum Gasteiger partial charge on any atom is -0.468 e. The van der Waals surface area contributed by atoms with Crippen molar-refractivity contribution in [2.24, 2.45) is 5.73 Å². The number of hydrogen-bond donors (Lipinski definition) is 1. The zero-order valence-electron chi connectivity index (χ0n) is 15.9. The van der Waals surface area contributed by atoms with Crippen molar-refractivity contribution in [1.29, 1.82) is 0 Å². The molecule has 2 amide bonds. The molecule has 0 saturated heterocycles. The molecule has 7 nitrogen and oxygen atoms in total. The molecule has 3 rings (SSSR count). The number of nitrogens with two attached hydrogens (primary N) is 1. The first-order valence-electron chi connectivity index (χ1n) is 8.78. The zero-order chi connectivity index (χ0) is 21.5. The Morgan fingerprint density at radius 3 is 2.66 bits per heavy atom. The van der Waals surface area contributed by atoms with Crippen LogP contribution in [0.5, 0.6) is 5.88 Å². The van der Waals surface area contributed by atoms with E-state index >= 15 is 0 Å². The molecular formula is C19H19F3N4O3. The van der Waals surface area contributed by atoms with Crippen LogP contribution in [0.15, 0.2) is 24.5 Å². The van der Waals surface area contributed by atoms with Gasteiger partial charge in [-0.1, -0.05) is 0 Å². The van der Waals surface area contributed by atoms with Crippen LogP contribution in [0, 0.1) is 6.92 Å². The molecule has 2 N–H and O–H groups in total. The SMILES string of the molecule is Cc1cc(C(C)N2C(=O)c3ccnc(C(N)=O)c3C2C)cnc1OCC(F)(F)F. The summed E-state index contributed by atoms with van der Waals surface area (Å²) in [6.45, 7) is 3.67. The minimum atomic E-state index is -4.46. The molecule has 2 aromatic heterocycles. The lowest BCUT2D eigenvalue weighted by Crippen LogP contribution is -2.30. The van der Waals surface area contributed by atoms with Crippen LogP contribution >= 0.6 is 0 Å². The predicted molar refractivity (Wildman–Crippen MR) is 96.3 cm³/mol. The van der Waals surface area contributed by atoms with Crippen molar-refractivity contribution in [2.75, 3.05) is 6.61 Å². The van der Waals surface area contributed by atoms with Crippen molar-refractivity contribution in [1.82, 2.24) is 14.9 Å². The molecule has 2 unspecified atom stereocenters. The highest BCUT2D eigenvalue weighted by Gasteiger charge is 2.40. The Morgan fingerprint density at radius 1 is 1.38 bits per heavy atom. The third-order valence-electron chi connectivity index (χ3n) is 4.85. The van der Waals surface area contributed by atoms with E-state index in [1.54, 1.807) is 31.7 Å². The van der Waals surface area contributed by atoms with Crippen LogP contribution in [0.4, 0.5) is 13.2 Å². The van der Waals surface area contributed by atoms with Crippen molar-refractivity contribution in [3.63, 3.8) is 0 Å². The van der Waals surface area contributed by atoms with Crippen LogP contribution in [-0.4, -0.2) is 39.5 Å². The third-order valence-corrected chi connectivity index (χ3v) is 4.85. The predicted octanol–water partition coefficient (Wildman–Crippen LogP) is 3.10. The lowest BCUT2D eigenvalue weighted by molar-refractivity contribution is -0.154. The van der Waals surface area contributed by atoms with Crippen LogP contribution in [0.1, 0.15) is 63.5 Å². The van der Waals surface area contributed by atoms with E-state index in [0.29, 0.717) is 22.3 Å². The fraction of sp³-hybridized carbons (Fsp3) is 0.368. The quantitative estimate of drug-likeness (QED) is 0.820. The largest absolute Gasteiger partial charge is 0.468 e. The van der Waals surface area contributed by atoms with Gasteiger partial charge < -0.3 is 15.4 Å². The summed E-state index contributed by atoms with van der Waals surface area (Å²) in [4.78, 5) is 34.2. The number of rotatable bonds is 5. The second-order valence-corrected chi connectivity index (χ2v) is 6.84. The van der Waals surface area contributed by atoms with Gasteiger partial charge in [-0.05, 0) is 38.5 Å². The number of ether oxygens (including phenoxy) is 1. The van der Waals surface area contributed by atoms with Gasteiger partial charge in [0.15, 0.2) is 6.61 Å². The van der Waals surface area contributed by atoms with Crippen LogP contribution in [0.2, 0.25) is 0 Å². The number of carbonyl (C=O) groups is 2. The van der Waals surface area contributed by atoms with Crippen molar-refractivity contribution >= 4 is 11.8 Å². The van der Waals surface area contributed by atoms with E-state index in [-0.39, 0.29) is 17.5 Å². The van der Waals surface area contributed by atoms with Crippen LogP contribution in [-0.2, 0) is 0 Å². The Balaban J connectivity index is 1.88. The van der Waals surface area contributed by atoms with Crippen LogP contribution < -0.4 is 10.5 Å². The number of nitrogens with zero attached hydrogens (tertiary/aromatic N) is 3. The summed E-state index contributed by atoms with van der Waals surface area (Å²) in [5, 5.41) is 0. The number of halogens is 3. The lowest BCUT2D eigenvalue weighted by Gasteiger charge is -2.29. The van der Waals surface area contributed by atoms with Gasteiger partial charge in [0, 0.05) is 29.1 Å². The fourth-order valence-corrected chi connectivity index (χ4v) is 3.52. The summed E-state index contributed by atoms with van der Waals surface area (Å²) in [5.41, 5.74) is 7.27. The van der Waals surface area contributed by atoms with Gasteiger partial charge >= 0.3 is 6.18 Å². The monoisotopic (exact) mass is 408 g/mol. The summed E-state index contributed by atoms with van der Waals surface area (Å²) >= 11 is 0. The maximum atomic E-state index is 12.9. The van der Waals surface area contributed by atoms with Crippen molar-refractivity contribution in [2.45, 2.75) is 39.0 Å². The molecule has 0 bridgehead atoms. The first-order chi connectivity index (χ1) is 13.5. The van der Waals surface area contributed by atoms with Gasteiger partial charge in [0.25, 0.3) is 11.8 Å². The molecule has 0 aromatic carbocycles. The van der Waals surface area contributed by atoms with Gasteiger partial charge in [-0.3, -0.25) is 14.6 Å². The third kappa shape index (κ3) is 3.87. The molecule has 3 heterocycles. The van der Waals surface area contributed by atoms with Crippen molar-refractivity contribution in [3.8, 4) is 5.88 Å². The first kappa shape index (κ1) is 20.6. The molecule has 2 atom stereocenters. The molecule has 0 saturated carbocycles. The Bertz CT molecular complexity index is 978. The van der Waals surface area contributed by atoms with Gasteiger partial charge in [-0.15, -0.1) is 0 Å². The number of pyridine rings is 2. The molecular weight excluding hydrogens is 389 g/mol. The van der Waals surface area contributed by atoms with E-state index < -0.39 is 30.8 Å². The summed E-state index contributed by atoms with van der Waals surface area (Å²) in [5.74, 6) is -1.14. The molecule has 1 aliphatic rings. The molecule has 0 spiro atoms. The Hall–Kier alpha value is -3.17. The number of aryl methyl sites for hydroxylation is 1. The van der Waals surface area contributed by atoms with E-state index in [4.69, 9.17) is 10.5 Å². The van der Waals surface area contributed by atoms with Crippen molar-refractivity contribution in [3.05, 3.63) is 52.5 Å². The second-order valence-electron chi connectivity index (χ2n) is 6.84. The Labute approximate surface area is 164 Å². The van der Waals surface area contributed by atoms with Crippen LogP contribution in [0.3, 0.4) is 0 Å². The lowest BCUT2D eigenvalue weighted by atomic mass is 10.0. The first-order valence-corrected chi connectivity index (χ1v) is 8.78. The molecule has 1 aliphatic heterocycles. The Kier molecular flexibility index (Phi) is 5.20. The summed E-state index contributed by atoms with van der Waals surface area (Å²) in [7, 11) is 0. The van der Waals surface area contributed by atoms with Crippen LogP contribution in [0.25, 0.3) is 0 Å². The normalized spacial score (nSPS) is 17.2. The molecule has 154 valence electrons. The van der Waals surface area contributed by atoms with Gasteiger partial charge in [0.2, 0.25) is 5.88 Å². The summed E-state index contributed by atoms with van der Waals surface area (Å²) in [6, 6.07) is 2.23. The maximum absolute atomic E-state index is 12.9. The number of primary amides is 1. The highest BCUT2D eigenvalue weighted by molar-refractivity contribution is 6.03. The Morgan fingerprint density at radius 2 is 2.07 bits per heavy atom. The minimum absolute atomic E-state index is 0.0447. The molecule has 10 heteroatoms. The highest BCUT2D eigenvalue weighted by atomic mass is 19.4. The molecule has 2 aromatic rings. The number of hydrogen-bond acceptors (Lipinski definition) is 5. The average Bonchev–Trinajstić information content (AvgIpc) is 2.90. The van der Waals surface area contributed by atoms with Gasteiger partial charge in [0.1, 0.15) is 5.69 Å². The number of fused-ring (bicyclic) bond motifs is 1. The second kappa shape index (κ2) is 7.34. The highest BCUT2D eigenvalue weighted by Crippen LogP contribution is 2.40. The maximum Gasteiger partial charge on any atom is 0.422 e. The number of alkyl halides is 3. The number of carbonyl (C=O) groups excluding carboxylic acids is 2. The van der Waals surface area contributed by atoms with E-state index in [2.05, 4.69) is 9.97 Å². The molecule has 0 aliphatic carbocycles. The summed E-state index contributed by atoms with van der Waals surface area (Å²) < 4.78 is 41.8. The standard InChI is InChI=1S/C19H19F3N4O3/c1-9-6-12(7-25-17(9)29-8-19(20,21)22)10(2)26-11(3)14-13(18(26)28)4-5-24-15(14)16(23)27/h4-7,10-11H,8H2,1-3H3,(H2,23,27). The van der Waals surface area contributed by atoms with E-state index in [1.165, 1.54) is 18.5 Å². The van der Waals surface area contributed by atoms with E-state index in [1.807, 2.05) is 0 Å². The van der Waals surface area contributed by atoms with Gasteiger partial charge in [-0.2, -0.15) is 13.2 Å². The fourth-order valence-electron chi connectivity index (χ4n) is 3.52. The van der Waals surface area contributed by atoms with Gasteiger partial charge in [-0.25, -0.2) is 4.98 Å². The van der Waals surface area contributed by atoms with E-state index in [9.17, 15) is 22.8 Å². The molecule has 0 radical (unpaired) electrons. The zero-order valence-corrected chi connectivity index (χ0v) is 15.9.